The third-order valence-corrected chi connectivity index (χ3v) is 4.00. The quantitative estimate of drug-likeness (QED) is 0.400. The molecule has 0 bridgehead atoms. The Hall–Kier alpha value is -0.230. The molecule has 3 heteroatoms. The highest BCUT2D eigenvalue weighted by Gasteiger charge is 2.20. The van der Waals surface area contributed by atoms with E-state index in [2.05, 4.69) is 54.3 Å². The highest BCUT2D eigenvalue weighted by Crippen LogP contribution is 2.10. The first kappa shape index (κ1) is 15.8. The Bertz CT molecular complexity index is 295. The maximum Gasteiger partial charge on any atom is 0.141 e. The Morgan fingerprint density at radius 2 is 2.06 bits per heavy atom. The molecule has 0 heterocycles. The van der Waals surface area contributed by atoms with Crippen LogP contribution in [0.25, 0.3) is 0 Å². The summed E-state index contributed by atoms with van der Waals surface area (Å²) in [6.45, 7) is 11.9. The van der Waals surface area contributed by atoms with E-state index < -0.39 is 0 Å². The van der Waals surface area contributed by atoms with Gasteiger partial charge in [-0.05, 0) is 31.9 Å². The number of alkyl halides is 1. The van der Waals surface area contributed by atoms with Gasteiger partial charge in [-0.15, -0.1) is 0 Å². The molecule has 0 rings (SSSR count). The molecular weight excluding hydrogens is 286 g/mol. The van der Waals surface area contributed by atoms with Crippen molar-refractivity contribution in [1.29, 1.82) is 0 Å². The minimum absolute atomic E-state index is 0.723. The molecule has 0 N–H and O–H groups in total. The van der Waals surface area contributed by atoms with Gasteiger partial charge in [0.2, 0.25) is 0 Å². The van der Waals surface area contributed by atoms with Gasteiger partial charge in [-0.3, -0.25) is 0 Å². The molecule has 90 valence electrons. The fraction of sp³-hybridized carbons (Fsp3) is 0.538. The minimum Gasteiger partial charge on any atom is -0.311 e. The second kappa shape index (κ2) is 8.87. The monoisotopic (exact) mass is 304 g/mol. The molecule has 0 aliphatic carbocycles. The number of quaternary nitrogens is 1. The topological polar surface area (TPSA) is 0 Å². The lowest BCUT2D eigenvalue weighted by atomic mass is 10.3. The first-order chi connectivity index (χ1) is 7.64. The Morgan fingerprint density at radius 3 is 2.50 bits per heavy atom. The van der Waals surface area contributed by atoms with E-state index in [9.17, 15) is 0 Å². The van der Waals surface area contributed by atoms with Crippen LogP contribution in [0.1, 0.15) is 13.8 Å². The SMILES string of the molecule is C=CC#CC[N+](CC)(CC)C/C=C(\Cl)CBr. The smallest absolute Gasteiger partial charge is 0.141 e. The van der Waals surface area contributed by atoms with Crippen LogP contribution >= 0.6 is 27.5 Å². The minimum atomic E-state index is 0.723. The van der Waals surface area contributed by atoms with Crippen LogP contribution in [0.5, 0.6) is 0 Å². The molecular formula is C13H20BrClN+. The van der Waals surface area contributed by atoms with E-state index in [-0.39, 0.29) is 0 Å². The zero-order valence-corrected chi connectivity index (χ0v) is 12.4. The van der Waals surface area contributed by atoms with E-state index in [1.165, 1.54) is 0 Å². The summed E-state index contributed by atoms with van der Waals surface area (Å²) >= 11 is 9.34. The second-order valence-corrected chi connectivity index (χ2v) is 4.67. The third kappa shape index (κ3) is 5.75. The van der Waals surface area contributed by atoms with Gasteiger partial charge in [-0.25, -0.2) is 0 Å². The predicted molar refractivity (Wildman–Crippen MR) is 76.8 cm³/mol. The largest absolute Gasteiger partial charge is 0.311 e. The number of hydrogen-bond acceptors (Lipinski definition) is 0. The highest BCUT2D eigenvalue weighted by molar-refractivity contribution is 9.09. The molecule has 0 unspecified atom stereocenters. The van der Waals surface area contributed by atoms with Gasteiger partial charge in [0.15, 0.2) is 0 Å². The molecule has 0 fully saturated rings. The molecule has 0 aromatic carbocycles. The number of rotatable bonds is 6. The lowest BCUT2D eigenvalue weighted by Crippen LogP contribution is -2.48. The number of halogens is 2. The van der Waals surface area contributed by atoms with Crippen molar-refractivity contribution >= 4 is 27.5 Å². The molecule has 0 atom stereocenters. The van der Waals surface area contributed by atoms with Crippen LogP contribution in [0, 0.1) is 11.8 Å². The number of allylic oxidation sites excluding steroid dienone is 2. The lowest BCUT2D eigenvalue weighted by Gasteiger charge is -2.34. The van der Waals surface area contributed by atoms with Gasteiger partial charge < -0.3 is 4.48 Å². The van der Waals surface area contributed by atoms with Crippen molar-refractivity contribution in [2.24, 2.45) is 0 Å². The Morgan fingerprint density at radius 1 is 1.44 bits per heavy atom. The van der Waals surface area contributed by atoms with Gasteiger partial charge in [0.1, 0.15) is 6.54 Å². The van der Waals surface area contributed by atoms with Gasteiger partial charge in [-0.1, -0.05) is 40.0 Å². The fourth-order valence-electron chi connectivity index (χ4n) is 1.40. The summed E-state index contributed by atoms with van der Waals surface area (Å²) < 4.78 is 0.948. The average Bonchev–Trinajstić information content (AvgIpc) is 2.33. The summed E-state index contributed by atoms with van der Waals surface area (Å²) in [6, 6.07) is 0. The van der Waals surface area contributed by atoms with Crippen LogP contribution in [0.4, 0.5) is 0 Å². The maximum atomic E-state index is 6.00. The summed E-state index contributed by atoms with van der Waals surface area (Å²) in [5, 5.41) is 1.58. The summed E-state index contributed by atoms with van der Waals surface area (Å²) in [7, 11) is 0. The van der Waals surface area contributed by atoms with Crippen molar-refractivity contribution in [3.8, 4) is 11.8 Å². The van der Waals surface area contributed by atoms with E-state index in [1.807, 2.05) is 0 Å². The van der Waals surface area contributed by atoms with Gasteiger partial charge >= 0.3 is 0 Å². The maximum absolute atomic E-state index is 6.00. The molecule has 16 heavy (non-hydrogen) atoms. The summed E-state index contributed by atoms with van der Waals surface area (Å²) in [6.07, 6.45) is 3.72. The van der Waals surface area contributed by atoms with Crippen molar-refractivity contribution in [1.82, 2.24) is 0 Å². The zero-order chi connectivity index (χ0) is 12.4. The van der Waals surface area contributed by atoms with E-state index in [0.717, 1.165) is 41.0 Å². The fourth-order valence-corrected chi connectivity index (χ4v) is 1.70. The van der Waals surface area contributed by atoms with Gasteiger partial charge in [0, 0.05) is 10.4 Å². The van der Waals surface area contributed by atoms with Crippen LogP contribution < -0.4 is 0 Å². The molecule has 0 aromatic rings. The van der Waals surface area contributed by atoms with E-state index >= 15 is 0 Å². The summed E-state index contributed by atoms with van der Waals surface area (Å²) in [4.78, 5) is 0. The molecule has 0 radical (unpaired) electrons. The van der Waals surface area contributed by atoms with Gasteiger partial charge in [0.05, 0.1) is 19.6 Å². The van der Waals surface area contributed by atoms with Crippen LogP contribution in [-0.4, -0.2) is 36.0 Å². The molecule has 1 nitrogen and oxygen atoms in total. The van der Waals surface area contributed by atoms with Crippen molar-refractivity contribution < 1.29 is 4.48 Å². The third-order valence-electron chi connectivity index (χ3n) is 2.79. The summed E-state index contributed by atoms with van der Waals surface area (Å²) in [5.74, 6) is 6.05. The van der Waals surface area contributed by atoms with Gasteiger partial charge in [-0.2, -0.15) is 0 Å². The second-order valence-electron chi connectivity index (χ2n) is 3.62. The van der Waals surface area contributed by atoms with Crippen molar-refractivity contribution in [2.75, 3.05) is 31.5 Å². The molecule has 0 aliphatic rings. The van der Waals surface area contributed by atoms with Crippen molar-refractivity contribution in [3.05, 3.63) is 23.8 Å². The predicted octanol–water partition coefficient (Wildman–Crippen LogP) is 3.55. The Balaban J connectivity index is 4.61. The van der Waals surface area contributed by atoms with E-state index in [4.69, 9.17) is 11.6 Å². The van der Waals surface area contributed by atoms with Crippen LogP contribution in [0.15, 0.2) is 23.8 Å². The van der Waals surface area contributed by atoms with Crippen LogP contribution in [-0.2, 0) is 0 Å². The summed E-state index contributed by atoms with van der Waals surface area (Å²) in [5.41, 5.74) is 0. The molecule has 0 saturated carbocycles. The number of nitrogens with zero attached hydrogens (tertiary/aromatic N) is 1. The number of hydrogen-bond donors (Lipinski definition) is 0. The zero-order valence-electron chi connectivity index (χ0n) is 10.1. The van der Waals surface area contributed by atoms with E-state index in [1.54, 1.807) is 6.08 Å². The van der Waals surface area contributed by atoms with E-state index in [0.29, 0.717) is 0 Å². The van der Waals surface area contributed by atoms with Crippen molar-refractivity contribution in [3.63, 3.8) is 0 Å². The molecule has 0 saturated heterocycles. The van der Waals surface area contributed by atoms with Crippen molar-refractivity contribution in [2.45, 2.75) is 13.8 Å². The molecule has 0 aromatic heterocycles. The van der Waals surface area contributed by atoms with Crippen LogP contribution in [0.2, 0.25) is 0 Å². The molecule has 0 aliphatic heterocycles. The van der Waals surface area contributed by atoms with Gasteiger partial charge in [0.25, 0.3) is 0 Å². The Kier molecular flexibility index (Phi) is 8.74. The standard InChI is InChI=1S/C13H20BrClN/c1-4-7-8-10-16(5-2,6-3)11-9-13(15)12-14/h4,9H,1,5-6,10-12H2,2-3H3/q+1/b13-9-. The first-order valence-corrected chi connectivity index (χ1v) is 6.99. The highest BCUT2D eigenvalue weighted by atomic mass is 79.9. The molecule has 0 spiro atoms. The molecule has 0 amide bonds. The number of likely N-dealkylation sites (N-methyl/N-ethyl adjacent to an activating group) is 1. The average molecular weight is 306 g/mol. The lowest BCUT2D eigenvalue weighted by molar-refractivity contribution is -0.912. The normalized spacial score (nSPS) is 11.9. The van der Waals surface area contributed by atoms with Crippen LogP contribution in [0.3, 0.4) is 0 Å². The Labute approximate surface area is 113 Å². The first-order valence-electron chi connectivity index (χ1n) is 5.49.